The Bertz CT molecular complexity index is 972. The number of rotatable bonds is 4. The Morgan fingerprint density at radius 1 is 1.04 bits per heavy atom. The molecule has 2 aromatic carbocycles. The first kappa shape index (κ1) is 17.2. The summed E-state index contributed by atoms with van der Waals surface area (Å²) in [5, 5.41) is 20.6. The lowest BCUT2D eigenvalue weighted by atomic mass is 10.1. The molecule has 0 bridgehead atoms. The van der Waals surface area contributed by atoms with Gasteiger partial charge in [0, 0.05) is 10.9 Å². The van der Waals surface area contributed by atoms with E-state index in [1.54, 1.807) is 13.2 Å². The number of aromatic hydroxyl groups is 2. The highest BCUT2D eigenvalue weighted by molar-refractivity contribution is 9.10. The predicted molar refractivity (Wildman–Crippen MR) is 100 cm³/mol. The third-order valence-corrected chi connectivity index (χ3v) is 4.62. The van der Waals surface area contributed by atoms with E-state index in [9.17, 15) is 10.2 Å². The highest BCUT2D eigenvalue weighted by Gasteiger charge is 2.20. The van der Waals surface area contributed by atoms with Gasteiger partial charge in [-0.3, -0.25) is 0 Å². The molecule has 1 aromatic heterocycles. The predicted octanol–water partition coefficient (Wildman–Crippen LogP) is 5.32. The molecule has 0 radical (unpaired) electrons. The number of furan rings is 1. The zero-order chi connectivity index (χ0) is 18.1. The maximum atomic E-state index is 9.93. The van der Waals surface area contributed by atoms with Crippen molar-refractivity contribution in [1.29, 1.82) is 0 Å². The molecule has 1 heterocycles. The Balaban J connectivity index is 2.28. The van der Waals surface area contributed by atoms with Gasteiger partial charge in [-0.2, -0.15) is 0 Å². The Kier molecular flexibility index (Phi) is 4.63. The Labute approximate surface area is 153 Å². The number of fused-ring (bicyclic) bond motifs is 1. The number of ether oxygens (including phenoxy) is 2. The van der Waals surface area contributed by atoms with Crippen LogP contribution in [0.4, 0.5) is 0 Å². The fourth-order valence-corrected chi connectivity index (χ4v) is 3.27. The average molecular weight is 405 g/mol. The highest BCUT2D eigenvalue weighted by Crippen LogP contribution is 2.46. The molecule has 6 heteroatoms. The van der Waals surface area contributed by atoms with Gasteiger partial charge in [0.05, 0.1) is 18.7 Å². The summed E-state index contributed by atoms with van der Waals surface area (Å²) in [7, 11) is 3.00. The van der Waals surface area contributed by atoms with Crippen LogP contribution in [-0.4, -0.2) is 24.4 Å². The molecule has 130 valence electrons. The van der Waals surface area contributed by atoms with Crippen molar-refractivity contribution in [2.45, 2.75) is 6.92 Å². The van der Waals surface area contributed by atoms with Crippen LogP contribution in [0.2, 0.25) is 0 Å². The third-order valence-electron chi connectivity index (χ3n) is 3.83. The van der Waals surface area contributed by atoms with Gasteiger partial charge in [0.15, 0.2) is 22.8 Å². The van der Waals surface area contributed by atoms with Crippen molar-refractivity contribution in [3.05, 3.63) is 40.4 Å². The van der Waals surface area contributed by atoms with Crippen LogP contribution in [0, 0.1) is 0 Å². The second-order valence-corrected chi connectivity index (χ2v) is 6.18. The molecule has 0 aliphatic heterocycles. The second kappa shape index (κ2) is 6.72. The van der Waals surface area contributed by atoms with Crippen molar-refractivity contribution in [3.63, 3.8) is 0 Å². The van der Waals surface area contributed by atoms with Crippen molar-refractivity contribution in [2.24, 2.45) is 0 Å². The van der Waals surface area contributed by atoms with E-state index < -0.39 is 0 Å². The zero-order valence-corrected chi connectivity index (χ0v) is 15.5. The van der Waals surface area contributed by atoms with Crippen molar-refractivity contribution >= 4 is 33.0 Å². The minimum atomic E-state index is -0.313. The van der Waals surface area contributed by atoms with Crippen molar-refractivity contribution in [1.82, 2.24) is 0 Å². The van der Waals surface area contributed by atoms with E-state index in [1.165, 1.54) is 13.2 Å². The van der Waals surface area contributed by atoms with E-state index in [4.69, 9.17) is 13.9 Å². The summed E-state index contributed by atoms with van der Waals surface area (Å²) < 4.78 is 17.3. The molecule has 0 saturated heterocycles. The molecule has 0 unspecified atom stereocenters. The maximum Gasteiger partial charge on any atom is 0.200 e. The normalized spacial score (nSPS) is 11.4. The summed E-state index contributed by atoms with van der Waals surface area (Å²) in [6.07, 6.45) is 3.91. The summed E-state index contributed by atoms with van der Waals surface area (Å²) in [6, 6.07) is 6.87. The van der Waals surface area contributed by atoms with Gasteiger partial charge in [-0.25, -0.2) is 0 Å². The minimum absolute atomic E-state index is 0.156. The molecular formula is C19H17BrO5. The molecule has 3 aromatic rings. The summed E-state index contributed by atoms with van der Waals surface area (Å²) in [5.41, 5.74) is 2.13. The standard InChI is InChI=1S/C19H17BrO5/c1-4-5-10-6-12-16(20)18(25-19(12)15(7-10)24-3)11-8-13(21)17(22)14(9-11)23-2/h4-9,21-22H,1-3H3/b5-4+. The monoisotopic (exact) mass is 404 g/mol. The van der Waals surface area contributed by atoms with Gasteiger partial charge in [0.2, 0.25) is 5.75 Å². The fourth-order valence-electron chi connectivity index (χ4n) is 2.67. The number of allylic oxidation sites excluding steroid dienone is 1. The van der Waals surface area contributed by atoms with Crippen molar-refractivity contribution < 1.29 is 24.1 Å². The maximum absolute atomic E-state index is 9.93. The first-order valence-corrected chi connectivity index (χ1v) is 8.32. The molecule has 0 atom stereocenters. The number of benzene rings is 2. The van der Waals surface area contributed by atoms with Gasteiger partial charge in [-0.15, -0.1) is 0 Å². The molecule has 5 nitrogen and oxygen atoms in total. The number of hydrogen-bond donors (Lipinski definition) is 2. The number of hydrogen-bond acceptors (Lipinski definition) is 5. The summed E-state index contributed by atoms with van der Waals surface area (Å²) in [6.45, 7) is 1.94. The highest BCUT2D eigenvalue weighted by atomic mass is 79.9. The van der Waals surface area contributed by atoms with Crippen LogP contribution in [0.3, 0.4) is 0 Å². The average Bonchev–Trinajstić information content (AvgIpc) is 2.94. The second-order valence-electron chi connectivity index (χ2n) is 5.39. The summed E-state index contributed by atoms with van der Waals surface area (Å²) in [4.78, 5) is 0. The van der Waals surface area contributed by atoms with Crippen LogP contribution in [0.1, 0.15) is 12.5 Å². The first-order chi connectivity index (χ1) is 12.0. The smallest absolute Gasteiger partial charge is 0.200 e. The SMILES string of the molecule is C/C=C/c1cc(OC)c2oc(-c3cc(O)c(O)c(OC)c3)c(Br)c2c1. The number of phenols is 2. The topological polar surface area (TPSA) is 72.1 Å². The Morgan fingerprint density at radius 2 is 1.76 bits per heavy atom. The van der Waals surface area contributed by atoms with Crippen LogP contribution in [0.15, 0.2) is 39.2 Å². The molecule has 0 amide bonds. The summed E-state index contributed by atoms with van der Waals surface area (Å²) >= 11 is 3.57. The van der Waals surface area contributed by atoms with Gasteiger partial charge in [0.25, 0.3) is 0 Å². The van der Waals surface area contributed by atoms with Crippen LogP contribution < -0.4 is 9.47 Å². The van der Waals surface area contributed by atoms with Crippen LogP contribution >= 0.6 is 15.9 Å². The van der Waals surface area contributed by atoms with Gasteiger partial charge < -0.3 is 24.1 Å². The number of halogens is 1. The van der Waals surface area contributed by atoms with Crippen LogP contribution in [0.25, 0.3) is 28.4 Å². The lowest BCUT2D eigenvalue weighted by molar-refractivity contribution is 0.351. The Hall–Kier alpha value is -2.60. The van der Waals surface area contributed by atoms with Crippen molar-refractivity contribution in [3.8, 4) is 34.3 Å². The molecule has 2 N–H and O–H groups in total. The van der Waals surface area contributed by atoms with E-state index in [0.29, 0.717) is 22.7 Å². The van der Waals surface area contributed by atoms with E-state index in [2.05, 4.69) is 15.9 Å². The van der Waals surface area contributed by atoms with Gasteiger partial charge in [-0.05, 0) is 52.7 Å². The molecule has 0 fully saturated rings. The van der Waals surface area contributed by atoms with Gasteiger partial charge in [0.1, 0.15) is 5.76 Å². The van der Waals surface area contributed by atoms with Gasteiger partial charge in [-0.1, -0.05) is 12.2 Å². The lowest BCUT2D eigenvalue weighted by Gasteiger charge is -2.07. The third kappa shape index (κ3) is 2.93. The number of phenolic OH excluding ortho intramolecular Hbond substituents is 2. The molecular weight excluding hydrogens is 388 g/mol. The summed E-state index contributed by atoms with van der Waals surface area (Å²) in [5.74, 6) is 0.658. The number of methoxy groups -OCH3 is 2. The zero-order valence-electron chi connectivity index (χ0n) is 14.0. The van der Waals surface area contributed by atoms with E-state index >= 15 is 0 Å². The van der Waals surface area contributed by atoms with E-state index in [1.807, 2.05) is 31.2 Å². The molecule has 25 heavy (non-hydrogen) atoms. The largest absolute Gasteiger partial charge is 0.504 e. The van der Waals surface area contributed by atoms with Crippen LogP contribution in [0.5, 0.6) is 23.0 Å². The molecule has 0 spiro atoms. The van der Waals surface area contributed by atoms with E-state index in [-0.39, 0.29) is 17.2 Å². The quantitative estimate of drug-likeness (QED) is 0.575. The van der Waals surface area contributed by atoms with Crippen molar-refractivity contribution in [2.75, 3.05) is 14.2 Å². The fraction of sp³-hybridized carbons (Fsp3) is 0.158. The minimum Gasteiger partial charge on any atom is -0.504 e. The molecule has 0 saturated carbocycles. The van der Waals surface area contributed by atoms with E-state index in [0.717, 1.165) is 15.4 Å². The Morgan fingerprint density at radius 3 is 2.40 bits per heavy atom. The molecule has 0 aliphatic carbocycles. The molecule has 3 rings (SSSR count). The molecule has 0 aliphatic rings. The van der Waals surface area contributed by atoms with Crippen LogP contribution in [-0.2, 0) is 0 Å². The van der Waals surface area contributed by atoms with Gasteiger partial charge >= 0.3 is 0 Å². The lowest BCUT2D eigenvalue weighted by Crippen LogP contribution is -1.86. The first-order valence-electron chi connectivity index (χ1n) is 7.53.